The number of likely N-dealkylation sites (tertiary alicyclic amines) is 1. The molecule has 0 bridgehead atoms. The predicted molar refractivity (Wildman–Crippen MR) is 67.4 cm³/mol. The van der Waals surface area contributed by atoms with Gasteiger partial charge in [-0.15, -0.1) is 0 Å². The molecule has 2 heterocycles. The number of para-hydroxylation sites is 1. The van der Waals surface area contributed by atoms with Gasteiger partial charge in [-0.25, -0.2) is 0 Å². The molecule has 1 N–H and O–H groups in total. The van der Waals surface area contributed by atoms with Crippen LogP contribution in [0.1, 0.15) is 23.2 Å². The molecule has 0 spiro atoms. The highest BCUT2D eigenvalue weighted by Crippen LogP contribution is 2.23. The number of furan rings is 1. The fourth-order valence-corrected chi connectivity index (χ4v) is 2.45. The van der Waals surface area contributed by atoms with Crippen molar-refractivity contribution in [1.29, 1.82) is 0 Å². The van der Waals surface area contributed by atoms with Crippen LogP contribution in [0.25, 0.3) is 11.0 Å². The van der Waals surface area contributed by atoms with Gasteiger partial charge in [0.2, 0.25) is 0 Å². The number of aliphatic hydroxyl groups excluding tert-OH is 1. The van der Waals surface area contributed by atoms with Gasteiger partial charge in [-0.3, -0.25) is 4.79 Å². The summed E-state index contributed by atoms with van der Waals surface area (Å²) in [5.74, 6) is -0.0568. The molecule has 0 unspecified atom stereocenters. The van der Waals surface area contributed by atoms with Gasteiger partial charge in [0.1, 0.15) is 11.8 Å². The average molecular weight is 245 g/mol. The fourth-order valence-electron chi connectivity index (χ4n) is 2.45. The van der Waals surface area contributed by atoms with Crippen molar-refractivity contribution in [2.45, 2.75) is 18.9 Å². The molecule has 1 amide bonds. The Morgan fingerprint density at radius 2 is 2.22 bits per heavy atom. The Hall–Kier alpha value is -1.81. The summed E-state index contributed by atoms with van der Waals surface area (Å²) in [7, 11) is 0. The Kier molecular flexibility index (Phi) is 2.80. The van der Waals surface area contributed by atoms with Crippen LogP contribution in [0.5, 0.6) is 0 Å². The quantitative estimate of drug-likeness (QED) is 0.836. The number of piperidine rings is 1. The summed E-state index contributed by atoms with van der Waals surface area (Å²) in [6, 6.07) is 7.49. The first-order chi connectivity index (χ1) is 8.75. The third-order valence-corrected chi connectivity index (χ3v) is 3.40. The van der Waals surface area contributed by atoms with Gasteiger partial charge in [0.25, 0.3) is 5.91 Å². The molecule has 0 saturated carbocycles. The lowest BCUT2D eigenvalue weighted by atomic mass is 10.1. The first-order valence-electron chi connectivity index (χ1n) is 6.19. The second-order valence-corrected chi connectivity index (χ2v) is 4.69. The van der Waals surface area contributed by atoms with Crippen LogP contribution in [0.2, 0.25) is 0 Å². The zero-order valence-corrected chi connectivity index (χ0v) is 10.0. The van der Waals surface area contributed by atoms with Crippen molar-refractivity contribution in [3.05, 3.63) is 36.1 Å². The second kappa shape index (κ2) is 4.46. The summed E-state index contributed by atoms with van der Waals surface area (Å²) in [4.78, 5) is 14.1. The maximum absolute atomic E-state index is 12.4. The predicted octanol–water partition coefficient (Wildman–Crippen LogP) is 2.03. The summed E-state index contributed by atoms with van der Waals surface area (Å²) >= 11 is 0. The molecule has 0 aliphatic carbocycles. The van der Waals surface area contributed by atoms with Crippen LogP contribution in [-0.2, 0) is 0 Å². The van der Waals surface area contributed by atoms with E-state index in [1.807, 2.05) is 24.3 Å². The van der Waals surface area contributed by atoms with Crippen LogP contribution < -0.4 is 0 Å². The molecule has 2 aromatic rings. The number of hydrogen-bond acceptors (Lipinski definition) is 3. The molecule has 4 heteroatoms. The minimum absolute atomic E-state index is 0.0568. The van der Waals surface area contributed by atoms with Gasteiger partial charge >= 0.3 is 0 Å². The summed E-state index contributed by atoms with van der Waals surface area (Å²) in [5, 5.41) is 10.5. The molecule has 18 heavy (non-hydrogen) atoms. The number of nitrogens with zero attached hydrogens (tertiary/aromatic N) is 1. The Bertz CT molecular complexity index is 575. The summed E-state index contributed by atoms with van der Waals surface area (Å²) in [6.07, 6.45) is 2.73. The number of amides is 1. The van der Waals surface area contributed by atoms with Crippen molar-refractivity contribution in [3.8, 4) is 0 Å². The van der Waals surface area contributed by atoms with Crippen molar-refractivity contribution in [1.82, 2.24) is 4.90 Å². The molecule has 1 aliphatic rings. The molecule has 0 radical (unpaired) electrons. The number of rotatable bonds is 1. The van der Waals surface area contributed by atoms with Crippen LogP contribution in [0.3, 0.4) is 0 Å². The molecule has 1 saturated heterocycles. The van der Waals surface area contributed by atoms with E-state index in [0.717, 1.165) is 23.8 Å². The van der Waals surface area contributed by atoms with E-state index in [1.54, 1.807) is 4.90 Å². The fraction of sp³-hybridized carbons (Fsp3) is 0.357. The topological polar surface area (TPSA) is 53.7 Å². The summed E-state index contributed by atoms with van der Waals surface area (Å²) in [5.41, 5.74) is 1.30. The van der Waals surface area contributed by atoms with E-state index in [0.29, 0.717) is 18.7 Å². The van der Waals surface area contributed by atoms with Crippen molar-refractivity contribution in [2.75, 3.05) is 13.1 Å². The third kappa shape index (κ3) is 1.88. The first-order valence-corrected chi connectivity index (χ1v) is 6.19. The van der Waals surface area contributed by atoms with E-state index in [4.69, 9.17) is 4.42 Å². The zero-order chi connectivity index (χ0) is 12.5. The Morgan fingerprint density at radius 3 is 3.06 bits per heavy atom. The van der Waals surface area contributed by atoms with E-state index in [-0.39, 0.29) is 5.91 Å². The zero-order valence-electron chi connectivity index (χ0n) is 10.0. The SMILES string of the molecule is O=C(c1coc2ccccc12)N1CCC[C@H](O)C1. The van der Waals surface area contributed by atoms with Crippen LogP contribution >= 0.6 is 0 Å². The molecule has 94 valence electrons. The minimum atomic E-state index is -0.402. The van der Waals surface area contributed by atoms with Crippen LogP contribution in [0.4, 0.5) is 0 Å². The molecule has 1 fully saturated rings. The molecule has 1 atom stereocenters. The van der Waals surface area contributed by atoms with E-state index in [1.165, 1.54) is 6.26 Å². The van der Waals surface area contributed by atoms with Crippen LogP contribution in [0.15, 0.2) is 34.9 Å². The Labute approximate surface area is 105 Å². The smallest absolute Gasteiger partial charge is 0.257 e. The third-order valence-electron chi connectivity index (χ3n) is 3.40. The normalized spacial score (nSPS) is 20.3. The van der Waals surface area contributed by atoms with Gasteiger partial charge in [0, 0.05) is 18.5 Å². The lowest BCUT2D eigenvalue weighted by Crippen LogP contribution is -2.42. The number of fused-ring (bicyclic) bond motifs is 1. The molecule has 1 aliphatic heterocycles. The minimum Gasteiger partial charge on any atom is -0.463 e. The van der Waals surface area contributed by atoms with E-state index in [9.17, 15) is 9.90 Å². The maximum Gasteiger partial charge on any atom is 0.257 e. The molecule has 1 aromatic heterocycles. The van der Waals surface area contributed by atoms with Crippen molar-refractivity contribution in [2.24, 2.45) is 0 Å². The second-order valence-electron chi connectivity index (χ2n) is 4.69. The molecular weight excluding hydrogens is 230 g/mol. The monoisotopic (exact) mass is 245 g/mol. The highest BCUT2D eigenvalue weighted by atomic mass is 16.3. The van der Waals surface area contributed by atoms with E-state index < -0.39 is 6.10 Å². The van der Waals surface area contributed by atoms with Crippen LogP contribution in [0, 0.1) is 0 Å². The van der Waals surface area contributed by atoms with Gasteiger partial charge in [0.15, 0.2) is 0 Å². The molecular formula is C14H15NO3. The number of aliphatic hydroxyl groups is 1. The van der Waals surface area contributed by atoms with Crippen molar-refractivity contribution >= 4 is 16.9 Å². The number of carbonyl (C=O) groups excluding carboxylic acids is 1. The largest absolute Gasteiger partial charge is 0.463 e. The number of β-amino-alcohol motifs (C(OH)–C–C–N with tert-alkyl or cyclic N) is 1. The van der Waals surface area contributed by atoms with Crippen LogP contribution in [-0.4, -0.2) is 35.1 Å². The van der Waals surface area contributed by atoms with Gasteiger partial charge in [0.05, 0.1) is 11.7 Å². The van der Waals surface area contributed by atoms with Gasteiger partial charge < -0.3 is 14.4 Å². The van der Waals surface area contributed by atoms with E-state index in [2.05, 4.69) is 0 Å². The number of carbonyl (C=O) groups is 1. The Morgan fingerprint density at radius 1 is 1.39 bits per heavy atom. The van der Waals surface area contributed by atoms with E-state index >= 15 is 0 Å². The number of benzene rings is 1. The first kappa shape index (κ1) is 11.3. The number of hydrogen-bond donors (Lipinski definition) is 1. The highest BCUT2D eigenvalue weighted by molar-refractivity contribution is 6.05. The van der Waals surface area contributed by atoms with Gasteiger partial charge in [-0.05, 0) is 18.9 Å². The lowest BCUT2D eigenvalue weighted by molar-refractivity contribution is 0.0474. The van der Waals surface area contributed by atoms with Gasteiger partial charge in [-0.1, -0.05) is 18.2 Å². The molecule has 4 nitrogen and oxygen atoms in total. The standard InChI is InChI=1S/C14H15NO3/c16-10-4-3-7-15(8-10)14(17)12-9-18-13-6-2-1-5-11(12)13/h1-2,5-6,9-10,16H,3-4,7-8H2/t10-/m0/s1. The summed E-state index contributed by atoms with van der Waals surface area (Å²) < 4.78 is 5.38. The highest BCUT2D eigenvalue weighted by Gasteiger charge is 2.25. The maximum atomic E-state index is 12.4. The van der Waals surface area contributed by atoms with Crippen molar-refractivity contribution < 1.29 is 14.3 Å². The van der Waals surface area contributed by atoms with Crippen molar-refractivity contribution in [3.63, 3.8) is 0 Å². The summed E-state index contributed by atoms with van der Waals surface area (Å²) in [6.45, 7) is 1.12. The molecule has 3 rings (SSSR count). The van der Waals surface area contributed by atoms with Gasteiger partial charge in [-0.2, -0.15) is 0 Å². The lowest BCUT2D eigenvalue weighted by Gasteiger charge is -2.29. The Balaban J connectivity index is 1.92. The molecule has 1 aromatic carbocycles. The average Bonchev–Trinajstić information content (AvgIpc) is 2.82.